The molecule has 2 amide bonds. The van der Waals surface area contributed by atoms with E-state index in [4.69, 9.17) is 11.6 Å². The Morgan fingerprint density at radius 3 is 2.70 bits per heavy atom. The molecular formula is C17H14ClFN2O2. The average molecular weight is 333 g/mol. The fourth-order valence-corrected chi connectivity index (χ4v) is 2.74. The van der Waals surface area contributed by atoms with Gasteiger partial charge in [-0.2, -0.15) is 0 Å². The van der Waals surface area contributed by atoms with Crippen LogP contribution in [0.5, 0.6) is 0 Å². The summed E-state index contributed by atoms with van der Waals surface area (Å²) in [5, 5.41) is 2.89. The van der Waals surface area contributed by atoms with E-state index in [1.807, 2.05) is 0 Å². The molecule has 2 aromatic rings. The summed E-state index contributed by atoms with van der Waals surface area (Å²) in [4.78, 5) is 25.8. The summed E-state index contributed by atoms with van der Waals surface area (Å²) < 4.78 is 13.9. The topological polar surface area (TPSA) is 49.4 Å². The van der Waals surface area contributed by atoms with E-state index in [9.17, 15) is 14.0 Å². The first-order valence-corrected chi connectivity index (χ1v) is 7.60. The largest absolute Gasteiger partial charge is 0.320 e. The maximum Gasteiger partial charge on any atom is 0.258 e. The van der Waals surface area contributed by atoms with Crippen LogP contribution < -0.4 is 10.2 Å². The predicted octanol–water partition coefficient (Wildman–Crippen LogP) is 3.86. The molecule has 0 aromatic heterocycles. The molecule has 2 aromatic carbocycles. The van der Waals surface area contributed by atoms with Crippen molar-refractivity contribution in [2.24, 2.45) is 0 Å². The maximum absolute atomic E-state index is 13.9. The van der Waals surface area contributed by atoms with Crippen LogP contribution >= 0.6 is 11.6 Å². The van der Waals surface area contributed by atoms with Gasteiger partial charge in [-0.1, -0.05) is 23.7 Å². The number of anilines is 2. The summed E-state index contributed by atoms with van der Waals surface area (Å²) in [6.07, 6.45) is 1.28. The lowest BCUT2D eigenvalue weighted by Gasteiger charge is -2.20. The summed E-state index contributed by atoms with van der Waals surface area (Å²) >= 11 is 5.69. The monoisotopic (exact) mass is 332 g/mol. The number of amides is 2. The highest BCUT2D eigenvalue weighted by Crippen LogP contribution is 2.30. The first kappa shape index (κ1) is 15.5. The number of hydrogen-bond donors (Lipinski definition) is 1. The van der Waals surface area contributed by atoms with Crippen LogP contribution in [0.4, 0.5) is 15.8 Å². The van der Waals surface area contributed by atoms with Crippen molar-refractivity contribution in [3.63, 3.8) is 0 Å². The molecule has 4 nitrogen and oxygen atoms in total. The zero-order valence-corrected chi connectivity index (χ0v) is 12.9. The molecule has 0 spiro atoms. The van der Waals surface area contributed by atoms with Crippen molar-refractivity contribution >= 4 is 34.8 Å². The van der Waals surface area contributed by atoms with Gasteiger partial charge in [0, 0.05) is 18.0 Å². The highest BCUT2D eigenvalue weighted by Gasteiger charge is 2.24. The molecule has 118 valence electrons. The SMILES string of the molecule is O=C(Nc1ccccc1N1CCCC1=O)c1ccc(Cl)cc1F. The van der Waals surface area contributed by atoms with Crippen LogP contribution in [-0.2, 0) is 4.79 Å². The minimum Gasteiger partial charge on any atom is -0.320 e. The summed E-state index contributed by atoms with van der Waals surface area (Å²) in [5.74, 6) is -1.26. The van der Waals surface area contributed by atoms with E-state index in [1.54, 1.807) is 29.2 Å². The van der Waals surface area contributed by atoms with Crippen LogP contribution in [0.2, 0.25) is 5.02 Å². The second-order valence-electron chi connectivity index (χ2n) is 5.24. The smallest absolute Gasteiger partial charge is 0.258 e. The van der Waals surface area contributed by atoms with Crippen molar-refractivity contribution in [2.45, 2.75) is 12.8 Å². The Bertz CT molecular complexity index is 779. The van der Waals surface area contributed by atoms with Gasteiger partial charge in [0.05, 0.1) is 16.9 Å². The minimum atomic E-state index is -0.690. The van der Waals surface area contributed by atoms with Gasteiger partial charge >= 0.3 is 0 Å². The standard InChI is InChI=1S/C17H14ClFN2O2/c18-11-7-8-12(13(19)10-11)17(23)20-14-4-1-2-5-15(14)21-9-3-6-16(21)22/h1-2,4-5,7-8,10H,3,6,9H2,(H,20,23). The van der Waals surface area contributed by atoms with E-state index < -0.39 is 11.7 Å². The molecule has 6 heteroatoms. The van der Waals surface area contributed by atoms with E-state index >= 15 is 0 Å². The zero-order chi connectivity index (χ0) is 16.4. The second kappa shape index (κ2) is 6.38. The Morgan fingerprint density at radius 1 is 1.22 bits per heavy atom. The van der Waals surface area contributed by atoms with Crippen LogP contribution in [0.25, 0.3) is 0 Å². The maximum atomic E-state index is 13.9. The number of carbonyl (C=O) groups excluding carboxylic acids is 2. The summed E-state index contributed by atoms with van der Waals surface area (Å²) in [5.41, 5.74) is 0.997. The van der Waals surface area contributed by atoms with Gasteiger partial charge in [-0.15, -0.1) is 0 Å². The highest BCUT2D eigenvalue weighted by molar-refractivity contribution is 6.30. The van der Waals surface area contributed by atoms with Crippen molar-refractivity contribution in [1.82, 2.24) is 0 Å². The first-order chi connectivity index (χ1) is 11.1. The van der Waals surface area contributed by atoms with Crippen molar-refractivity contribution in [3.05, 3.63) is 58.9 Å². The molecule has 1 aliphatic rings. The van der Waals surface area contributed by atoms with E-state index in [0.717, 1.165) is 12.5 Å². The Hall–Kier alpha value is -2.40. The van der Waals surface area contributed by atoms with Crippen LogP contribution in [0.1, 0.15) is 23.2 Å². The highest BCUT2D eigenvalue weighted by atomic mass is 35.5. The quantitative estimate of drug-likeness (QED) is 0.928. The summed E-state index contributed by atoms with van der Waals surface area (Å²) in [6.45, 7) is 0.612. The molecule has 1 N–H and O–H groups in total. The first-order valence-electron chi connectivity index (χ1n) is 7.22. The number of nitrogens with zero attached hydrogens (tertiary/aromatic N) is 1. The lowest BCUT2D eigenvalue weighted by molar-refractivity contribution is -0.117. The zero-order valence-electron chi connectivity index (χ0n) is 12.2. The number of carbonyl (C=O) groups is 2. The third-order valence-corrected chi connectivity index (χ3v) is 3.93. The van der Waals surface area contributed by atoms with Gasteiger partial charge in [-0.3, -0.25) is 9.59 Å². The third-order valence-electron chi connectivity index (χ3n) is 3.69. The Labute approximate surface area is 137 Å². The number of benzene rings is 2. The number of para-hydroxylation sites is 2. The van der Waals surface area contributed by atoms with Gasteiger partial charge in [0.25, 0.3) is 5.91 Å². The normalized spacial score (nSPS) is 14.2. The fraction of sp³-hybridized carbons (Fsp3) is 0.176. The lowest BCUT2D eigenvalue weighted by Crippen LogP contribution is -2.25. The van der Waals surface area contributed by atoms with E-state index in [2.05, 4.69) is 5.32 Å². The summed E-state index contributed by atoms with van der Waals surface area (Å²) in [6, 6.07) is 10.9. The second-order valence-corrected chi connectivity index (χ2v) is 5.68. The van der Waals surface area contributed by atoms with Gasteiger partial charge < -0.3 is 10.2 Å². The van der Waals surface area contributed by atoms with Gasteiger partial charge in [0.1, 0.15) is 5.82 Å². The Balaban J connectivity index is 1.88. The Morgan fingerprint density at radius 2 is 2.00 bits per heavy atom. The van der Waals surface area contributed by atoms with E-state index in [-0.39, 0.29) is 16.5 Å². The number of halogens is 2. The van der Waals surface area contributed by atoms with Crippen LogP contribution in [0, 0.1) is 5.82 Å². The average Bonchev–Trinajstić information content (AvgIpc) is 2.93. The van der Waals surface area contributed by atoms with Crippen LogP contribution in [-0.4, -0.2) is 18.4 Å². The molecule has 1 aliphatic heterocycles. The van der Waals surface area contributed by atoms with E-state index in [1.165, 1.54) is 12.1 Å². The van der Waals surface area contributed by atoms with Gasteiger partial charge in [0.2, 0.25) is 5.91 Å². The third kappa shape index (κ3) is 3.19. The molecule has 0 saturated carbocycles. The molecule has 3 rings (SSSR count). The minimum absolute atomic E-state index is 0.0179. The number of rotatable bonds is 3. The number of hydrogen-bond acceptors (Lipinski definition) is 2. The molecule has 23 heavy (non-hydrogen) atoms. The molecule has 0 atom stereocenters. The summed E-state index contributed by atoms with van der Waals surface area (Å²) in [7, 11) is 0. The Kier molecular flexibility index (Phi) is 4.30. The van der Waals surface area contributed by atoms with Gasteiger partial charge in [0.15, 0.2) is 0 Å². The molecule has 1 saturated heterocycles. The molecule has 0 aliphatic carbocycles. The molecule has 0 bridgehead atoms. The fourth-order valence-electron chi connectivity index (χ4n) is 2.58. The van der Waals surface area contributed by atoms with Crippen LogP contribution in [0.3, 0.4) is 0 Å². The molecule has 0 radical (unpaired) electrons. The van der Waals surface area contributed by atoms with Crippen LogP contribution in [0.15, 0.2) is 42.5 Å². The molecule has 0 unspecified atom stereocenters. The molecular weight excluding hydrogens is 319 g/mol. The van der Waals surface area contributed by atoms with Crippen molar-refractivity contribution in [2.75, 3.05) is 16.8 Å². The van der Waals surface area contributed by atoms with Gasteiger partial charge in [-0.25, -0.2) is 4.39 Å². The predicted molar refractivity (Wildman–Crippen MR) is 87.4 cm³/mol. The van der Waals surface area contributed by atoms with Crippen molar-refractivity contribution < 1.29 is 14.0 Å². The van der Waals surface area contributed by atoms with Gasteiger partial charge in [-0.05, 0) is 36.8 Å². The molecule has 1 fully saturated rings. The molecule has 1 heterocycles. The van der Waals surface area contributed by atoms with Crippen molar-refractivity contribution in [3.8, 4) is 0 Å². The number of nitrogens with one attached hydrogen (secondary N) is 1. The van der Waals surface area contributed by atoms with Crippen molar-refractivity contribution in [1.29, 1.82) is 0 Å². The lowest BCUT2D eigenvalue weighted by atomic mass is 10.2. The van der Waals surface area contributed by atoms with E-state index in [0.29, 0.717) is 24.3 Å².